The normalized spacial score (nSPS) is 13.1. The molecule has 2 amide bonds. The summed E-state index contributed by atoms with van der Waals surface area (Å²) < 4.78 is 16.5. The fraction of sp³-hybridized carbons (Fsp3) is 0.231. The zero-order chi connectivity index (χ0) is 24.1. The van der Waals surface area contributed by atoms with E-state index in [9.17, 15) is 9.59 Å². The average Bonchev–Trinajstić information content (AvgIpc) is 3.43. The molecule has 2 heterocycles. The first-order valence-electron chi connectivity index (χ1n) is 10.8. The SMILES string of the molecule is COc1cc(OC)c(C2=CCN(C(=O)c3ccc(NC(=O)c4cccs4)cc3)CC2)c(OC)c1. The third kappa shape index (κ3) is 4.92. The van der Waals surface area contributed by atoms with Crippen LogP contribution in [0.25, 0.3) is 5.57 Å². The molecule has 0 bridgehead atoms. The lowest BCUT2D eigenvalue weighted by Crippen LogP contribution is -2.34. The number of carbonyl (C=O) groups excluding carboxylic acids is 2. The molecule has 176 valence electrons. The van der Waals surface area contributed by atoms with E-state index in [1.165, 1.54) is 11.3 Å². The molecule has 0 radical (unpaired) electrons. The van der Waals surface area contributed by atoms with E-state index >= 15 is 0 Å². The number of anilines is 1. The second kappa shape index (κ2) is 10.4. The first kappa shape index (κ1) is 23.4. The first-order chi connectivity index (χ1) is 16.5. The largest absolute Gasteiger partial charge is 0.496 e. The predicted octanol–water partition coefficient (Wildman–Crippen LogP) is 4.96. The average molecular weight is 479 g/mol. The number of hydrogen-bond donors (Lipinski definition) is 1. The molecule has 3 aromatic rings. The third-order valence-electron chi connectivity index (χ3n) is 5.67. The Hall–Kier alpha value is -3.78. The van der Waals surface area contributed by atoms with Crippen LogP contribution >= 0.6 is 11.3 Å². The minimum atomic E-state index is -0.160. The highest BCUT2D eigenvalue weighted by Crippen LogP contribution is 2.41. The Labute approximate surface area is 202 Å². The van der Waals surface area contributed by atoms with Gasteiger partial charge in [0.2, 0.25) is 0 Å². The molecule has 2 aromatic carbocycles. The van der Waals surface area contributed by atoms with E-state index in [0.717, 1.165) is 11.1 Å². The van der Waals surface area contributed by atoms with Crippen LogP contribution in [-0.2, 0) is 0 Å². The molecule has 4 rings (SSSR count). The number of thiophene rings is 1. The predicted molar refractivity (Wildman–Crippen MR) is 133 cm³/mol. The van der Waals surface area contributed by atoms with Crippen molar-refractivity contribution in [2.24, 2.45) is 0 Å². The molecule has 0 saturated carbocycles. The lowest BCUT2D eigenvalue weighted by Gasteiger charge is -2.28. The van der Waals surface area contributed by atoms with E-state index in [1.54, 1.807) is 56.6 Å². The van der Waals surface area contributed by atoms with Gasteiger partial charge in [-0.2, -0.15) is 0 Å². The molecular weight excluding hydrogens is 452 g/mol. The van der Waals surface area contributed by atoms with Crippen LogP contribution in [0.15, 0.2) is 60.0 Å². The Kier molecular flexibility index (Phi) is 7.18. The summed E-state index contributed by atoms with van der Waals surface area (Å²) in [6, 6.07) is 14.2. The molecular formula is C26H26N2O5S. The fourth-order valence-corrected chi connectivity index (χ4v) is 4.50. The smallest absolute Gasteiger partial charge is 0.265 e. The summed E-state index contributed by atoms with van der Waals surface area (Å²) in [6.07, 6.45) is 2.70. The number of carbonyl (C=O) groups is 2. The maximum absolute atomic E-state index is 13.0. The van der Waals surface area contributed by atoms with Gasteiger partial charge in [-0.05, 0) is 47.7 Å². The Morgan fingerprint density at radius 2 is 1.68 bits per heavy atom. The highest BCUT2D eigenvalue weighted by Gasteiger charge is 2.23. The van der Waals surface area contributed by atoms with E-state index < -0.39 is 0 Å². The van der Waals surface area contributed by atoms with Crippen molar-refractivity contribution >= 4 is 34.4 Å². The first-order valence-corrected chi connectivity index (χ1v) is 11.7. The van der Waals surface area contributed by atoms with Gasteiger partial charge in [0.15, 0.2) is 0 Å². The van der Waals surface area contributed by atoms with Gasteiger partial charge < -0.3 is 24.4 Å². The van der Waals surface area contributed by atoms with Crippen molar-refractivity contribution in [2.75, 3.05) is 39.7 Å². The monoisotopic (exact) mass is 478 g/mol. The number of hydrogen-bond acceptors (Lipinski definition) is 6. The topological polar surface area (TPSA) is 77.1 Å². The lowest BCUT2D eigenvalue weighted by atomic mass is 9.96. The van der Waals surface area contributed by atoms with Crippen molar-refractivity contribution in [3.63, 3.8) is 0 Å². The highest BCUT2D eigenvalue weighted by atomic mass is 32.1. The summed E-state index contributed by atoms with van der Waals surface area (Å²) in [4.78, 5) is 27.7. The van der Waals surface area contributed by atoms with Crippen LogP contribution in [0.1, 0.15) is 32.0 Å². The van der Waals surface area contributed by atoms with Crippen LogP contribution in [0.5, 0.6) is 17.2 Å². The van der Waals surface area contributed by atoms with Gasteiger partial charge in [0, 0.05) is 36.5 Å². The minimum Gasteiger partial charge on any atom is -0.496 e. The van der Waals surface area contributed by atoms with Crippen LogP contribution < -0.4 is 19.5 Å². The molecule has 0 unspecified atom stereocenters. The Morgan fingerprint density at radius 3 is 2.21 bits per heavy atom. The van der Waals surface area contributed by atoms with Crippen molar-refractivity contribution in [3.8, 4) is 17.2 Å². The van der Waals surface area contributed by atoms with Gasteiger partial charge in [-0.3, -0.25) is 9.59 Å². The molecule has 0 spiro atoms. The molecule has 1 aliphatic rings. The number of ether oxygens (including phenoxy) is 3. The maximum atomic E-state index is 13.0. The van der Waals surface area contributed by atoms with Crippen LogP contribution in [0.3, 0.4) is 0 Å². The lowest BCUT2D eigenvalue weighted by molar-refractivity contribution is 0.0772. The van der Waals surface area contributed by atoms with E-state index in [1.807, 2.05) is 29.7 Å². The summed E-state index contributed by atoms with van der Waals surface area (Å²) in [6.45, 7) is 1.04. The summed E-state index contributed by atoms with van der Waals surface area (Å²) in [5.74, 6) is 1.78. The standard InChI is InChI=1S/C26H26N2O5S/c1-31-20-15-21(32-2)24(22(16-20)33-3)17-10-12-28(13-11-17)26(30)18-6-8-19(9-7-18)27-25(29)23-5-4-14-34-23/h4-10,14-16H,11-13H2,1-3H3,(H,27,29). The zero-order valence-electron chi connectivity index (χ0n) is 19.3. The molecule has 8 heteroatoms. The number of amides is 2. The Balaban J connectivity index is 1.45. The van der Waals surface area contributed by atoms with E-state index in [2.05, 4.69) is 5.32 Å². The minimum absolute atomic E-state index is 0.0555. The molecule has 1 N–H and O–H groups in total. The van der Waals surface area contributed by atoms with Gasteiger partial charge in [-0.15, -0.1) is 11.3 Å². The van der Waals surface area contributed by atoms with Gasteiger partial charge in [-0.25, -0.2) is 0 Å². The van der Waals surface area contributed by atoms with E-state index in [-0.39, 0.29) is 11.8 Å². The summed E-state index contributed by atoms with van der Waals surface area (Å²) in [5.41, 5.74) is 3.16. The van der Waals surface area contributed by atoms with Crippen molar-refractivity contribution in [1.29, 1.82) is 0 Å². The molecule has 7 nitrogen and oxygen atoms in total. The fourth-order valence-electron chi connectivity index (χ4n) is 3.88. The van der Waals surface area contributed by atoms with Crippen LogP contribution in [0, 0.1) is 0 Å². The van der Waals surface area contributed by atoms with Crippen molar-refractivity contribution in [2.45, 2.75) is 6.42 Å². The third-order valence-corrected chi connectivity index (χ3v) is 6.54. The van der Waals surface area contributed by atoms with Gasteiger partial charge in [0.05, 0.1) is 31.8 Å². The van der Waals surface area contributed by atoms with Crippen LogP contribution in [0.2, 0.25) is 0 Å². The van der Waals surface area contributed by atoms with E-state index in [4.69, 9.17) is 14.2 Å². The second-order valence-electron chi connectivity index (χ2n) is 7.65. The number of benzene rings is 2. The van der Waals surface area contributed by atoms with E-state index in [0.29, 0.717) is 52.9 Å². The maximum Gasteiger partial charge on any atom is 0.265 e. The van der Waals surface area contributed by atoms with Crippen molar-refractivity contribution < 1.29 is 23.8 Å². The molecule has 0 fully saturated rings. The molecule has 0 saturated heterocycles. The number of methoxy groups -OCH3 is 3. The van der Waals surface area contributed by atoms with Crippen molar-refractivity contribution in [1.82, 2.24) is 4.90 Å². The van der Waals surface area contributed by atoms with Gasteiger partial charge >= 0.3 is 0 Å². The second-order valence-corrected chi connectivity index (χ2v) is 8.59. The molecule has 1 aliphatic heterocycles. The highest BCUT2D eigenvalue weighted by molar-refractivity contribution is 7.12. The van der Waals surface area contributed by atoms with Gasteiger partial charge in [0.1, 0.15) is 17.2 Å². The van der Waals surface area contributed by atoms with Gasteiger partial charge in [-0.1, -0.05) is 12.1 Å². The summed E-state index contributed by atoms with van der Waals surface area (Å²) in [5, 5.41) is 4.71. The zero-order valence-corrected chi connectivity index (χ0v) is 20.1. The Bertz CT molecular complexity index is 1180. The summed E-state index contributed by atoms with van der Waals surface area (Å²) in [7, 11) is 4.83. The van der Waals surface area contributed by atoms with Crippen LogP contribution in [0.4, 0.5) is 5.69 Å². The summed E-state index contributed by atoms with van der Waals surface area (Å²) >= 11 is 1.38. The number of rotatable bonds is 7. The van der Waals surface area contributed by atoms with Crippen LogP contribution in [-0.4, -0.2) is 51.1 Å². The van der Waals surface area contributed by atoms with Gasteiger partial charge in [0.25, 0.3) is 11.8 Å². The number of nitrogens with zero attached hydrogens (tertiary/aromatic N) is 1. The molecule has 1 aromatic heterocycles. The molecule has 0 atom stereocenters. The number of nitrogens with one attached hydrogen (secondary N) is 1. The molecule has 34 heavy (non-hydrogen) atoms. The molecule has 0 aliphatic carbocycles. The quantitative estimate of drug-likeness (QED) is 0.520. The van der Waals surface area contributed by atoms with Crippen molar-refractivity contribution in [3.05, 3.63) is 76.0 Å². The Morgan fingerprint density at radius 1 is 0.971 bits per heavy atom.